The molecule has 0 aliphatic heterocycles. The molecule has 344 valence electrons. The Labute approximate surface area is 432 Å². The Hall–Kier alpha value is -9.28. The second-order valence-electron chi connectivity index (χ2n) is 19.9. The summed E-state index contributed by atoms with van der Waals surface area (Å²) < 4.78 is 4.99. The molecule has 2 nitrogen and oxygen atoms in total. The van der Waals surface area contributed by atoms with Crippen LogP contribution >= 0.6 is 11.3 Å². The van der Waals surface area contributed by atoms with Gasteiger partial charge in [0.25, 0.3) is 0 Å². The van der Waals surface area contributed by atoms with Crippen LogP contribution in [-0.2, 0) is 5.41 Å². The quantitative estimate of drug-likeness (QED) is 0.161. The molecule has 0 bridgehead atoms. The van der Waals surface area contributed by atoms with Crippen molar-refractivity contribution in [3.63, 3.8) is 0 Å². The number of rotatable bonds is 6. The molecule has 2 aliphatic rings. The van der Waals surface area contributed by atoms with Crippen LogP contribution in [0.5, 0.6) is 0 Å². The van der Waals surface area contributed by atoms with Crippen LogP contribution in [0.4, 0.5) is 17.1 Å². The molecule has 0 fully saturated rings. The zero-order valence-electron chi connectivity index (χ0n) is 40.2. The number of para-hydroxylation sites is 2. The van der Waals surface area contributed by atoms with Crippen LogP contribution in [0, 0.1) is 0 Å². The number of hydrogen-bond donors (Lipinski definition) is 0. The lowest BCUT2D eigenvalue weighted by Crippen LogP contribution is -2.25. The first-order valence-corrected chi connectivity index (χ1v) is 26.4. The maximum Gasteiger partial charge on any atom is 0.0725 e. The van der Waals surface area contributed by atoms with Crippen molar-refractivity contribution >= 4 is 81.1 Å². The Kier molecular flexibility index (Phi) is 8.86. The minimum Gasteiger partial charge on any atom is -0.310 e. The van der Waals surface area contributed by atoms with Gasteiger partial charge in [-0.1, -0.05) is 194 Å². The van der Waals surface area contributed by atoms with E-state index in [4.69, 9.17) is 0 Å². The fraction of sp³-hybridized carbons (Fsp3) is 0.0141. The highest BCUT2D eigenvalue weighted by Gasteiger charge is 2.51. The third kappa shape index (κ3) is 5.81. The fourth-order valence-electron chi connectivity index (χ4n) is 13.1. The smallest absolute Gasteiger partial charge is 0.0725 e. The van der Waals surface area contributed by atoms with Gasteiger partial charge < -0.3 is 9.47 Å². The summed E-state index contributed by atoms with van der Waals surface area (Å²) in [4.78, 5) is 2.46. The van der Waals surface area contributed by atoms with Crippen LogP contribution < -0.4 is 4.90 Å². The second kappa shape index (κ2) is 15.9. The molecule has 0 unspecified atom stereocenters. The molecule has 0 amide bonds. The zero-order valence-corrected chi connectivity index (χ0v) is 41.0. The average Bonchev–Trinajstić information content (AvgIpc) is 4.20. The number of fused-ring (bicyclic) bond motifs is 18. The molecule has 0 radical (unpaired) electrons. The predicted octanol–water partition coefficient (Wildman–Crippen LogP) is 19.5. The molecule has 0 N–H and O–H groups in total. The van der Waals surface area contributed by atoms with Crippen LogP contribution in [0.25, 0.3) is 103 Å². The van der Waals surface area contributed by atoms with Crippen molar-refractivity contribution in [2.75, 3.05) is 4.90 Å². The topological polar surface area (TPSA) is 8.17 Å². The SMILES string of the molecule is c1ccc(-c2ccc(N(c3ccc4c(c3)-c3ccccc3C43c4ccccc4-c4ccccc43)c3ccc4sc5cc(-c6cc7c8ccccc8n(-c8ccccc8)c7c7ccccc67)ccc5c4c3)cc2)cc1. The minimum atomic E-state index is -0.397. The number of hydrogen-bond acceptors (Lipinski definition) is 2. The van der Waals surface area contributed by atoms with Crippen LogP contribution in [0.3, 0.4) is 0 Å². The first-order valence-electron chi connectivity index (χ1n) is 25.6. The maximum atomic E-state index is 2.46. The predicted molar refractivity (Wildman–Crippen MR) is 313 cm³/mol. The van der Waals surface area contributed by atoms with Gasteiger partial charge in [-0.3, -0.25) is 0 Å². The molecule has 2 aromatic heterocycles. The first-order chi connectivity index (χ1) is 36.7. The highest BCUT2D eigenvalue weighted by Crippen LogP contribution is 2.63. The number of benzene rings is 12. The summed E-state index contributed by atoms with van der Waals surface area (Å²) in [6, 6.07) is 99.5. The van der Waals surface area contributed by atoms with Gasteiger partial charge >= 0.3 is 0 Å². The van der Waals surface area contributed by atoms with Gasteiger partial charge in [0.15, 0.2) is 0 Å². The van der Waals surface area contributed by atoms with Crippen molar-refractivity contribution < 1.29 is 0 Å². The Balaban J connectivity index is 0.863. The molecule has 1 spiro atoms. The van der Waals surface area contributed by atoms with Crippen molar-refractivity contribution in [3.8, 4) is 50.2 Å². The number of aromatic nitrogens is 1. The molecule has 0 atom stereocenters. The zero-order chi connectivity index (χ0) is 48.5. The lowest BCUT2D eigenvalue weighted by atomic mass is 9.70. The minimum absolute atomic E-state index is 0.397. The summed E-state index contributed by atoms with van der Waals surface area (Å²) in [6.07, 6.45) is 0. The van der Waals surface area contributed by atoms with Crippen molar-refractivity contribution in [1.29, 1.82) is 0 Å². The molecule has 2 heterocycles. The summed E-state index contributed by atoms with van der Waals surface area (Å²) in [5.74, 6) is 0. The largest absolute Gasteiger partial charge is 0.310 e. The lowest BCUT2D eigenvalue weighted by molar-refractivity contribution is 0.794. The molecular formula is C71H44N2S. The third-order valence-electron chi connectivity index (χ3n) is 16.2. The highest BCUT2D eigenvalue weighted by atomic mass is 32.1. The Morgan fingerprint density at radius 3 is 1.57 bits per heavy atom. The van der Waals surface area contributed by atoms with Crippen molar-refractivity contribution in [2.45, 2.75) is 5.41 Å². The van der Waals surface area contributed by atoms with Gasteiger partial charge in [-0.25, -0.2) is 0 Å². The Morgan fingerprint density at radius 2 is 0.838 bits per heavy atom. The van der Waals surface area contributed by atoms with Gasteiger partial charge in [0, 0.05) is 59.1 Å². The molecular weight excluding hydrogens is 913 g/mol. The van der Waals surface area contributed by atoms with E-state index in [1.54, 1.807) is 0 Å². The highest BCUT2D eigenvalue weighted by molar-refractivity contribution is 7.25. The van der Waals surface area contributed by atoms with E-state index < -0.39 is 5.41 Å². The summed E-state index contributed by atoms with van der Waals surface area (Å²) in [7, 11) is 0. The van der Waals surface area contributed by atoms with E-state index in [1.165, 1.54) is 125 Å². The Bertz CT molecular complexity index is 4550. The second-order valence-corrected chi connectivity index (χ2v) is 21.0. The summed E-state index contributed by atoms with van der Waals surface area (Å²) in [6.45, 7) is 0. The van der Waals surface area contributed by atoms with Gasteiger partial charge in [-0.15, -0.1) is 11.3 Å². The van der Waals surface area contributed by atoms with Gasteiger partial charge in [-0.2, -0.15) is 0 Å². The van der Waals surface area contributed by atoms with Crippen LogP contribution in [0.2, 0.25) is 0 Å². The van der Waals surface area contributed by atoms with Gasteiger partial charge in [-0.05, 0) is 145 Å². The first kappa shape index (κ1) is 41.3. The Morgan fingerprint density at radius 1 is 0.297 bits per heavy atom. The molecule has 16 rings (SSSR count). The molecule has 0 saturated carbocycles. The van der Waals surface area contributed by atoms with Crippen molar-refractivity contribution in [2.24, 2.45) is 0 Å². The number of thiophene rings is 1. The average molecular weight is 957 g/mol. The number of anilines is 3. The molecule has 12 aromatic carbocycles. The maximum absolute atomic E-state index is 2.46. The fourth-order valence-corrected chi connectivity index (χ4v) is 14.2. The van der Waals surface area contributed by atoms with E-state index in [-0.39, 0.29) is 0 Å². The molecule has 74 heavy (non-hydrogen) atoms. The van der Waals surface area contributed by atoms with E-state index >= 15 is 0 Å². The van der Waals surface area contributed by atoms with Gasteiger partial charge in [0.1, 0.15) is 0 Å². The van der Waals surface area contributed by atoms with Crippen molar-refractivity contribution in [1.82, 2.24) is 4.57 Å². The van der Waals surface area contributed by atoms with Crippen LogP contribution in [0.15, 0.2) is 267 Å². The van der Waals surface area contributed by atoms with E-state index in [0.717, 1.165) is 17.1 Å². The molecule has 0 saturated heterocycles. The van der Waals surface area contributed by atoms with E-state index in [9.17, 15) is 0 Å². The van der Waals surface area contributed by atoms with Gasteiger partial charge in [0.05, 0.1) is 16.4 Å². The summed E-state index contributed by atoms with van der Waals surface area (Å²) in [5, 5.41) is 7.55. The monoisotopic (exact) mass is 956 g/mol. The number of nitrogens with zero attached hydrogens (tertiary/aromatic N) is 2. The van der Waals surface area contributed by atoms with Gasteiger partial charge in [0.2, 0.25) is 0 Å². The molecule has 3 heteroatoms. The van der Waals surface area contributed by atoms with E-state index in [1.807, 2.05) is 11.3 Å². The molecule has 2 aliphatic carbocycles. The van der Waals surface area contributed by atoms with E-state index in [0.29, 0.717) is 0 Å². The lowest BCUT2D eigenvalue weighted by Gasteiger charge is -2.31. The van der Waals surface area contributed by atoms with E-state index in [2.05, 4.69) is 276 Å². The summed E-state index contributed by atoms with van der Waals surface area (Å²) >= 11 is 1.88. The molecule has 14 aromatic rings. The van der Waals surface area contributed by atoms with Crippen LogP contribution in [-0.4, -0.2) is 4.57 Å². The summed E-state index contributed by atoms with van der Waals surface area (Å²) in [5.41, 5.74) is 22.1. The van der Waals surface area contributed by atoms with Crippen LogP contribution in [0.1, 0.15) is 22.3 Å². The van der Waals surface area contributed by atoms with Crippen molar-refractivity contribution in [3.05, 3.63) is 289 Å². The third-order valence-corrected chi connectivity index (χ3v) is 17.3. The normalized spacial score (nSPS) is 13.0. The standard InChI is InChI=1S/C71H44N2S/c1-3-17-45(18-4-1)46-31-34-49(35-32-46)72(50-36-39-66-60(42-50)55-24-11-15-29-65(55)71(66)63-27-13-9-22-53(63)54-23-10-14-28-64(54)71)51-37-40-68-61(43-51)57-38-33-47(41-69(57)74-68)59-44-62-56-25-12-16-30-67(56)73(48-19-5-2-6-20-48)70(62)58-26-8-7-21-52(58)59/h1-44H.